The highest BCUT2D eigenvalue weighted by molar-refractivity contribution is 9.10. The number of aromatic nitrogens is 3. The summed E-state index contributed by atoms with van der Waals surface area (Å²) in [7, 11) is 0. The maximum absolute atomic E-state index is 5.78. The number of ether oxygens (including phenoxy) is 1. The molecule has 0 saturated heterocycles. The molecule has 0 radical (unpaired) electrons. The minimum Gasteiger partial charge on any atom is -0.487 e. The first-order chi connectivity index (χ1) is 13.1. The van der Waals surface area contributed by atoms with E-state index in [2.05, 4.69) is 36.8 Å². The number of nitrogens with one attached hydrogen (secondary N) is 1. The van der Waals surface area contributed by atoms with Gasteiger partial charge in [0.1, 0.15) is 18.1 Å². The van der Waals surface area contributed by atoms with E-state index in [0.29, 0.717) is 18.9 Å². The van der Waals surface area contributed by atoms with Gasteiger partial charge in [-0.25, -0.2) is 4.68 Å². The van der Waals surface area contributed by atoms with Crippen LogP contribution in [0.5, 0.6) is 5.75 Å². The first kappa shape index (κ1) is 19.0. The summed E-state index contributed by atoms with van der Waals surface area (Å²) in [5.41, 5.74) is 10.6. The standard InChI is InChI=1S/C18H17BrN6OS/c19-15-6-4-13(5-7-15)10-25-11-16(22-24-25)12-26-17-3-1-2-14(8-17)9-21-23-18(20)27/h1-9,11H,10,12H2,(H3,20,23,27)/b21-9+. The van der Waals surface area contributed by atoms with Crippen molar-refractivity contribution in [3.63, 3.8) is 0 Å². The van der Waals surface area contributed by atoms with E-state index in [9.17, 15) is 0 Å². The van der Waals surface area contributed by atoms with Gasteiger partial charge in [-0.15, -0.1) is 5.10 Å². The van der Waals surface area contributed by atoms with Crippen molar-refractivity contribution in [3.8, 4) is 5.75 Å². The van der Waals surface area contributed by atoms with Gasteiger partial charge in [-0.2, -0.15) is 5.10 Å². The number of hydrogen-bond acceptors (Lipinski definition) is 5. The lowest BCUT2D eigenvalue weighted by molar-refractivity contribution is 0.301. The highest BCUT2D eigenvalue weighted by Crippen LogP contribution is 2.14. The zero-order chi connectivity index (χ0) is 19.1. The van der Waals surface area contributed by atoms with Crippen LogP contribution < -0.4 is 15.9 Å². The molecule has 0 amide bonds. The van der Waals surface area contributed by atoms with Gasteiger partial charge in [-0.1, -0.05) is 45.4 Å². The van der Waals surface area contributed by atoms with Crippen LogP contribution in [0.25, 0.3) is 0 Å². The third-order valence-electron chi connectivity index (χ3n) is 3.48. The highest BCUT2D eigenvalue weighted by atomic mass is 79.9. The lowest BCUT2D eigenvalue weighted by Gasteiger charge is -2.04. The molecule has 3 N–H and O–H groups in total. The number of rotatable bonds is 7. The molecular formula is C18H17BrN6OS. The van der Waals surface area contributed by atoms with E-state index in [0.717, 1.165) is 21.3 Å². The summed E-state index contributed by atoms with van der Waals surface area (Å²) in [6.45, 7) is 0.980. The van der Waals surface area contributed by atoms with Gasteiger partial charge in [-0.05, 0) is 47.6 Å². The molecule has 0 aliphatic heterocycles. The fourth-order valence-electron chi connectivity index (χ4n) is 2.27. The summed E-state index contributed by atoms with van der Waals surface area (Å²) in [6.07, 6.45) is 3.49. The zero-order valence-corrected chi connectivity index (χ0v) is 16.7. The van der Waals surface area contributed by atoms with E-state index in [-0.39, 0.29) is 5.11 Å². The predicted octanol–water partition coefficient (Wildman–Crippen LogP) is 2.84. The lowest BCUT2D eigenvalue weighted by atomic mass is 10.2. The van der Waals surface area contributed by atoms with Crippen molar-refractivity contribution in [1.29, 1.82) is 0 Å². The monoisotopic (exact) mass is 444 g/mol. The SMILES string of the molecule is NC(=S)N/N=C/c1cccc(OCc2cn(Cc3ccc(Br)cc3)nn2)c1. The molecule has 1 heterocycles. The molecule has 0 unspecified atom stereocenters. The second-order valence-electron chi connectivity index (χ2n) is 5.63. The lowest BCUT2D eigenvalue weighted by Crippen LogP contribution is -2.23. The molecule has 7 nitrogen and oxygen atoms in total. The van der Waals surface area contributed by atoms with E-state index in [1.54, 1.807) is 10.9 Å². The molecule has 0 spiro atoms. The molecule has 0 aliphatic rings. The predicted molar refractivity (Wildman–Crippen MR) is 112 cm³/mol. The van der Waals surface area contributed by atoms with Crippen molar-refractivity contribution in [2.24, 2.45) is 10.8 Å². The van der Waals surface area contributed by atoms with Crippen LogP contribution in [0.2, 0.25) is 0 Å². The Balaban J connectivity index is 1.56. The van der Waals surface area contributed by atoms with Crippen LogP contribution in [-0.4, -0.2) is 26.3 Å². The molecule has 0 atom stereocenters. The van der Waals surface area contributed by atoms with Gasteiger partial charge in [0.05, 0.1) is 19.0 Å². The van der Waals surface area contributed by atoms with Gasteiger partial charge in [0.2, 0.25) is 0 Å². The van der Waals surface area contributed by atoms with Crippen molar-refractivity contribution in [2.45, 2.75) is 13.2 Å². The first-order valence-electron chi connectivity index (χ1n) is 8.03. The van der Waals surface area contributed by atoms with Crippen molar-refractivity contribution >= 4 is 39.5 Å². The molecule has 0 bridgehead atoms. The van der Waals surface area contributed by atoms with Crippen LogP contribution in [-0.2, 0) is 13.2 Å². The minimum atomic E-state index is 0.116. The Morgan fingerprint density at radius 2 is 2.11 bits per heavy atom. The summed E-state index contributed by atoms with van der Waals surface area (Å²) in [6, 6.07) is 15.6. The third-order valence-corrected chi connectivity index (χ3v) is 4.10. The van der Waals surface area contributed by atoms with Gasteiger partial charge >= 0.3 is 0 Å². The van der Waals surface area contributed by atoms with Gasteiger partial charge < -0.3 is 10.5 Å². The minimum absolute atomic E-state index is 0.116. The number of nitrogens with two attached hydrogens (primary N) is 1. The summed E-state index contributed by atoms with van der Waals surface area (Å²) in [5.74, 6) is 0.705. The molecule has 0 aliphatic carbocycles. The maximum atomic E-state index is 5.78. The molecule has 0 saturated carbocycles. The van der Waals surface area contributed by atoms with Crippen LogP contribution in [0.3, 0.4) is 0 Å². The van der Waals surface area contributed by atoms with Crippen LogP contribution in [0.4, 0.5) is 0 Å². The molecule has 3 aromatic rings. The van der Waals surface area contributed by atoms with Crippen LogP contribution in [0.15, 0.2) is 64.3 Å². The molecule has 27 heavy (non-hydrogen) atoms. The second kappa shape index (κ2) is 9.24. The number of hydrogen-bond donors (Lipinski definition) is 2. The molecule has 1 aromatic heterocycles. The average Bonchev–Trinajstić information content (AvgIpc) is 3.09. The summed E-state index contributed by atoms with van der Waals surface area (Å²) >= 11 is 8.12. The van der Waals surface area contributed by atoms with Crippen LogP contribution >= 0.6 is 28.1 Å². The summed E-state index contributed by atoms with van der Waals surface area (Å²) < 4.78 is 8.62. The third kappa shape index (κ3) is 6.15. The second-order valence-corrected chi connectivity index (χ2v) is 6.98. The Bertz CT molecular complexity index is 941. The van der Waals surface area contributed by atoms with E-state index in [4.69, 9.17) is 22.7 Å². The highest BCUT2D eigenvalue weighted by Gasteiger charge is 2.04. The molecule has 0 fully saturated rings. The fraction of sp³-hybridized carbons (Fsp3) is 0.111. The van der Waals surface area contributed by atoms with Gasteiger partial charge in [0.25, 0.3) is 0 Å². The Morgan fingerprint density at radius 3 is 2.89 bits per heavy atom. The smallest absolute Gasteiger partial charge is 0.184 e. The largest absolute Gasteiger partial charge is 0.487 e. The molecule has 138 valence electrons. The normalized spacial score (nSPS) is 10.9. The average molecular weight is 445 g/mol. The Labute approximate surface area is 170 Å². The van der Waals surface area contributed by atoms with E-state index in [1.807, 2.05) is 54.7 Å². The van der Waals surface area contributed by atoms with Crippen LogP contribution in [0, 0.1) is 0 Å². The fourth-order valence-corrected chi connectivity index (χ4v) is 2.59. The summed E-state index contributed by atoms with van der Waals surface area (Å²) in [4.78, 5) is 0. The molecule has 9 heteroatoms. The van der Waals surface area contributed by atoms with E-state index >= 15 is 0 Å². The zero-order valence-electron chi connectivity index (χ0n) is 14.2. The van der Waals surface area contributed by atoms with Crippen molar-refractivity contribution < 1.29 is 4.74 Å². The molecule has 3 rings (SSSR count). The number of nitrogens with zero attached hydrogens (tertiary/aromatic N) is 4. The van der Waals surface area contributed by atoms with E-state index in [1.165, 1.54) is 0 Å². The quantitative estimate of drug-likeness (QED) is 0.330. The number of thiocarbonyl (C=S) groups is 1. The van der Waals surface area contributed by atoms with Gasteiger partial charge in [-0.3, -0.25) is 5.43 Å². The van der Waals surface area contributed by atoms with Crippen LogP contribution in [0.1, 0.15) is 16.8 Å². The number of hydrazone groups is 1. The first-order valence-corrected chi connectivity index (χ1v) is 9.23. The number of benzene rings is 2. The molecule has 2 aromatic carbocycles. The van der Waals surface area contributed by atoms with Crippen molar-refractivity contribution in [2.75, 3.05) is 0 Å². The van der Waals surface area contributed by atoms with Crippen molar-refractivity contribution in [3.05, 3.63) is 76.0 Å². The van der Waals surface area contributed by atoms with E-state index < -0.39 is 0 Å². The maximum Gasteiger partial charge on any atom is 0.184 e. The Hall–Kier alpha value is -2.78. The number of halogens is 1. The van der Waals surface area contributed by atoms with Crippen molar-refractivity contribution in [1.82, 2.24) is 20.4 Å². The Kier molecular flexibility index (Phi) is 6.50. The molecular weight excluding hydrogens is 428 g/mol. The topological polar surface area (TPSA) is 90.3 Å². The Morgan fingerprint density at radius 1 is 1.30 bits per heavy atom. The van der Waals surface area contributed by atoms with Gasteiger partial charge in [0.15, 0.2) is 5.11 Å². The van der Waals surface area contributed by atoms with Gasteiger partial charge in [0, 0.05) is 4.47 Å². The summed E-state index contributed by atoms with van der Waals surface area (Å²) in [5, 5.41) is 12.3.